The zero-order valence-corrected chi connectivity index (χ0v) is 17.1. The summed E-state index contributed by atoms with van der Waals surface area (Å²) in [4.78, 5) is 28.7. The highest BCUT2D eigenvalue weighted by molar-refractivity contribution is 7.19. The third-order valence-electron chi connectivity index (χ3n) is 5.50. The summed E-state index contributed by atoms with van der Waals surface area (Å²) in [6, 6.07) is 6.03. The first-order chi connectivity index (χ1) is 13.5. The number of benzene rings is 1. The number of amides is 2. The van der Waals surface area contributed by atoms with Crippen LogP contribution in [0.25, 0.3) is 0 Å². The van der Waals surface area contributed by atoms with Crippen molar-refractivity contribution in [2.24, 2.45) is 5.92 Å². The van der Waals surface area contributed by atoms with Crippen LogP contribution in [0.15, 0.2) is 18.2 Å². The summed E-state index contributed by atoms with van der Waals surface area (Å²) in [6.45, 7) is 6.22. The molecule has 28 heavy (non-hydrogen) atoms. The van der Waals surface area contributed by atoms with Crippen molar-refractivity contribution in [3.8, 4) is 0 Å². The van der Waals surface area contributed by atoms with Crippen molar-refractivity contribution in [3.05, 3.63) is 29.3 Å². The minimum Gasteiger partial charge on any atom is -0.346 e. The largest absolute Gasteiger partial charge is 0.346 e. The first kappa shape index (κ1) is 18.9. The van der Waals surface area contributed by atoms with Gasteiger partial charge in [0.2, 0.25) is 22.1 Å². The second kappa shape index (κ2) is 7.87. The van der Waals surface area contributed by atoms with Gasteiger partial charge < -0.3 is 10.2 Å². The zero-order chi connectivity index (χ0) is 19.7. The highest BCUT2D eigenvalue weighted by Gasteiger charge is 2.30. The van der Waals surface area contributed by atoms with Crippen LogP contribution < -0.4 is 15.1 Å². The van der Waals surface area contributed by atoms with Gasteiger partial charge in [-0.3, -0.25) is 14.5 Å². The van der Waals surface area contributed by atoms with Crippen molar-refractivity contribution in [1.29, 1.82) is 0 Å². The number of anilines is 3. The average molecular weight is 400 g/mol. The topological polar surface area (TPSA) is 78.4 Å². The fourth-order valence-corrected chi connectivity index (χ4v) is 4.82. The SMILES string of the molecule is Cc1cccc(C)c1NC(=O)[C@H]1CCCN(c2nnc(N3CCCC3=O)s2)C1. The molecule has 4 rings (SSSR count). The molecule has 1 aromatic heterocycles. The first-order valence-electron chi connectivity index (χ1n) is 9.79. The van der Waals surface area contributed by atoms with Crippen LogP contribution in [0, 0.1) is 19.8 Å². The molecule has 2 fully saturated rings. The van der Waals surface area contributed by atoms with Crippen LogP contribution >= 0.6 is 11.3 Å². The van der Waals surface area contributed by atoms with E-state index in [0.717, 1.165) is 47.8 Å². The van der Waals surface area contributed by atoms with E-state index in [2.05, 4.69) is 20.4 Å². The van der Waals surface area contributed by atoms with Crippen molar-refractivity contribution < 1.29 is 9.59 Å². The number of aromatic nitrogens is 2. The van der Waals surface area contributed by atoms with Crippen molar-refractivity contribution in [2.75, 3.05) is 34.8 Å². The van der Waals surface area contributed by atoms with Gasteiger partial charge in [-0.1, -0.05) is 29.5 Å². The molecule has 8 heteroatoms. The number of aryl methyl sites for hydroxylation is 2. The van der Waals surface area contributed by atoms with Gasteiger partial charge in [-0.25, -0.2) is 0 Å². The van der Waals surface area contributed by atoms with Crippen molar-refractivity contribution in [2.45, 2.75) is 39.5 Å². The van der Waals surface area contributed by atoms with Crippen LogP contribution in [-0.2, 0) is 9.59 Å². The molecule has 0 saturated carbocycles. The summed E-state index contributed by atoms with van der Waals surface area (Å²) < 4.78 is 0. The molecule has 2 aromatic rings. The summed E-state index contributed by atoms with van der Waals surface area (Å²) in [5, 5.41) is 13.1. The smallest absolute Gasteiger partial charge is 0.229 e. The Bertz CT molecular complexity index is 876. The van der Waals surface area contributed by atoms with E-state index in [1.165, 1.54) is 11.3 Å². The summed E-state index contributed by atoms with van der Waals surface area (Å²) in [5.74, 6) is 0.0854. The van der Waals surface area contributed by atoms with E-state index in [-0.39, 0.29) is 17.7 Å². The monoisotopic (exact) mass is 399 g/mol. The number of nitrogens with one attached hydrogen (secondary N) is 1. The average Bonchev–Trinajstić information content (AvgIpc) is 3.33. The molecule has 148 valence electrons. The van der Waals surface area contributed by atoms with Gasteiger partial charge in [0.25, 0.3) is 0 Å². The Kier molecular flexibility index (Phi) is 5.30. The number of para-hydroxylation sites is 1. The molecule has 0 unspecified atom stereocenters. The van der Waals surface area contributed by atoms with E-state index >= 15 is 0 Å². The summed E-state index contributed by atoms with van der Waals surface area (Å²) in [6.07, 6.45) is 3.25. The van der Waals surface area contributed by atoms with Gasteiger partial charge in [0, 0.05) is 31.7 Å². The van der Waals surface area contributed by atoms with Crippen LogP contribution in [0.5, 0.6) is 0 Å². The quantitative estimate of drug-likeness (QED) is 0.855. The molecule has 1 atom stereocenters. The van der Waals surface area contributed by atoms with Gasteiger partial charge in [0.15, 0.2) is 0 Å². The first-order valence-corrected chi connectivity index (χ1v) is 10.6. The highest BCUT2D eigenvalue weighted by atomic mass is 32.1. The molecule has 2 saturated heterocycles. The molecule has 3 heterocycles. The normalized spacial score (nSPS) is 19.9. The van der Waals surface area contributed by atoms with E-state index in [4.69, 9.17) is 0 Å². The molecule has 2 aliphatic heterocycles. The molecular formula is C20H25N5O2S. The molecule has 7 nitrogen and oxygen atoms in total. The lowest BCUT2D eigenvalue weighted by atomic mass is 9.97. The fourth-order valence-electron chi connectivity index (χ4n) is 3.90. The number of carbonyl (C=O) groups excluding carboxylic acids is 2. The van der Waals surface area contributed by atoms with Gasteiger partial charge in [-0.2, -0.15) is 0 Å². The molecule has 0 bridgehead atoms. The van der Waals surface area contributed by atoms with Crippen LogP contribution in [0.3, 0.4) is 0 Å². The third kappa shape index (κ3) is 3.73. The standard InChI is InChI=1S/C20H25N5O2S/c1-13-6-3-7-14(2)17(13)21-18(27)15-8-4-10-24(12-15)19-22-23-20(28-19)25-11-5-9-16(25)26/h3,6-7,15H,4-5,8-12H2,1-2H3,(H,21,27)/t15-/m0/s1. The molecule has 1 aromatic carbocycles. The Morgan fingerprint density at radius 3 is 2.61 bits per heavy atom. The molecule has 0 aliphatic carbocycles. The molecule has 2 amide bonds. The molecule has 1 N–H and O–H groups in total. The van der Waals surface area contributed by atoms with Crippen LogP contribution in [0.2, 0.25) is 0 Å². The van der Waals surface area contributed by atoms with Gasteiger partial charge in [0.05, 0.1) is 5.92 Å². The Morgan fingerprint density at radius 1 is 1.14 bits per heavy atom. The predicted molar refractivity (Wildman–Crippen MR) is 111 cm³/mol. The van der Waals surface area contributed by atoms with Crippen molar-refractivity contribution in [3.63, 3.8) is 0 Å². The minimum absolute atomic E-state index is 0.0570. The molecule has 0 radical (unpaired) electrons. The molecular weight excluding hydrogens is 374 g/mol. The number of nitrogens with zero attached hydrogens (tertiary/aromatic N) is 4. The third-order valence-corrected chi connectivity index (χ3v) is 6.51. The second-order valence-corrected chi connectivity index (χ2v) is 8.49. The maximum Gasteiger partial charge on any atom is 0.229 e. The van der Waals surface area contributed by atoms with E-state index in [1.807, 2.05) is 32.0 Å². The van der Waals surface area contributed by atoms with E-state index in [1.54, 1.807) is 4.90 Å². The number of hydrogen-bond acceptors (Lipinski definition) is 6. The van der Waals surface area contributed by atoms with E-state index in [9.17, 15) is 9.59 Å². The Balaban J connectivity index is 1.44. The van der Waals surface area contributed by atoms with E-state index in [0.29, 0.717) is 24.6 Å². The van der Waals surface area contributed by atoms with Crippen LogP contribution in [0.1, 0.15) is 36.8 Å². The predicted octanol–water partition coefficient (Wildman–Crippen LogP) is 3.14. The summed E-state index contributed by atoms with van der Waals surface area (Å²) in [5.41, 5.74) is 3.06. The number of hydrogen-bond donors (Lipinski definition) is 1. The van der Waals surface area contributed by atoms with Crippen molar-refractivity contribution in [1.82, 2.24) is 10.2 Å². The summed E-state index contributed by atoms with van der Waals surface area (Å²) >= 11 is 1.44. The lowest BCUT2D eigenvalue weighted by Gasteiger charge is -2.31. The lowest BCUT2D eigenvalue weighted by Crippen LogP contribution is -2.40. The van der Waals surface area contributed by atoms with Crippen LogP contribution in [-0.4, -0.2) is 41.6 Å². The fraction of sp³-hybridized carbons (Fsp3) is 0.500. The van der Waals surface area contributed by atoms with Gasteiger partial charge >= 0.3 is 0 Å². The Labute approximate surface area is 168 Å². The second-order valence-electron chi connectivity index (χ2n) is 7.56. The van der Waals surface area contributed by atoms with E-state index < -0.39 is 0 Å². The highest BCUT2D eigenvalue weighted by Crippen LogP contribution is 2.32. The maximum absolute atomic E-state index is 12.9. The Hall–Kier alpha value is -2.48. The maximum atomic E-state index is 12.9. The number of carbonyl (C=O) groups is 2. The van der Waals surface area contributed by atoms with Crippen molar-refractivity contribution >= 4 is 39.1 Å². The van der Waals surface area contributed by atoms with Gasteiger partial charge in [-0.15, -0.1) is 10.2 Å². The van der Waals surface area contributed by atoms with Gasteiger partial charge in [-0.05, 0) is 44.2 Å². The Morgan fingerprint density at radius 2 is 1.89 bits per heavy atom. The minimum atomic E-state index is -0.0893. The molecule has 2 aliphatic rings. The lowest BCUT2D eigenvalue weighted by molar-refractivity contribution is -0.120. The number of rotatable bonds is 4. The zero-order valence-electron chi connectivity index (χ0n) is 16.3. The van der Waals surface area contributed by atoms with Gasteiger partial charge in [0.1, 0.15) is 0 Å². The molecule has 0 spiro atoms. The number of piperidine rings is 1. The van der Waals surface area contributed by atoms with Crippen LogP contribution in [0.4, 0.5) is 16.0 Å². The summed E-state index contributed by atoms with van der Waals surface area (Å²) in [7, 11) is 0.